The molecule has 0 N–H and O–H groups in total. The summed E-state index contributed by atoms with van der Waals surface area (Å²) in [5.74, 6) is -0.954. The Kier molecular flexibility index (Phi) is 4.75. The minimum absolute atomic E-state index is 0.477. The molecule has 0 fully saturated rings. The molecule has 0 aliphatic rings. The summed E-state index contributed by atoms with van der Waals surface area (Å²) in [4.78, 5) is 0. The first-order chi connectivity index (χ1) is 7.20. The molecule has 0 heterocycles. The Hall–Kier alpha value is -0.900. The van der Waals surface area contributed by atoms with Crippen LogP contribution in [0.1, 0.15) is 19.4 Å². The van der Waals surface area contributed by atoms with Crippen LogP contribution in [0.5, 0.6) is 0 Å². The summed E-state index contributed by atoms with van der Waals surface area (Å²) in [7, 11) is 1.57. The number of ether oxygens (including phenoxy) is 3. The molecule has 1 unspecified atom stereocenters. The first-order valence-corrected chi connectivity index (χ1v) is 5.07. The van der Waals surface area contributed by atoms with Gasteiger partial charge in [-0.3, -0.25) is 0 Å². The number of rotatable bonds is 6. The van der Waals surface area contributed by atoms with E-state index in [1.807, 2.05) is 37.3 Å². The summed E-state index contributed by atoms with van der Waals surface area (Å²) in [6.07, 6.45) is 0. The average Bonchev–Trinajstić information content (AvgIpc) is 2.28. The van der Waals surface area contributed by atoms with Crippen molar-refractivity contribution in [1.29, 1.82) is 0 Å². The molecule has 15 heavy (non-hydrogen) atoms. The summed E-state index contributed by atoms with van der Waals surface area (Å²) >= 11 is 0. The maximum absolute atomic E-state index is 5.56. The van der Waals surface area contributed by atoms with Crippen molar-refractivity contribution in [1.82, 2.24) is 0 Å². The zero-order valence-electron chi connectivity index (χ0n) is 9.53. The predicted octanol–water partition coefficient (Wildman–Crippen LogP) is 2.56. The topological polar surface area (TPSA) is 27.7 Å². The van der Waals surface area contributed by atoms with E-state index in [4.69, 9.17) is 14.2 Å². The van der Waals surface area contributed by atoms with Crippen molar-refractivity contribution in [2.45, 2.75) is 26.4 Å². The van der Waals surface area contributed by atoms with Gasteiger partial charge in [0.25, 0.3) is 5.97 Å². The third kappa shape index (κ3) is 4.00. The quantitative estimate of drug-likeness (QED) is 0.675. The maximum atomic E-state index is 5.56. The lowest BCUT2D eigenvalue weighted by Gasteiger charge is -2.27. The molecule has 3 heteroatoms. The molecule has 84 valence electrons. The van der Waals surface area contributed by atoms with Gasteiger partial charge in [0.2, 0.25) is 0 Å². The van der Waals surface area contributed by atoms with E-state index in [1.165, 1.54) is 0 Å². The summed E-state index contributed by atoms with van der Waals surface area (Å²) in [5.41, 5.74) is 1.10. The van der Waals surface area contributed by atoms with Crippen molar-refractivity contribution in [2.75, 3.05) is 13.7 Å². The first-order valence-electron chi connectivity index (χ1n) is 5.07. The number of hydrogen-bond donors (Lipinski definition) is 0. The van der Waals surface area contributed by atoms with Gasteiger partial charge in [-0.2, -0.15) is 0 Å². The fourth-order valence-electron chi connectivity index (χ4n) is 1.21. The fraction of sp³-hybridized carbons (Fsp3) is 0.500. The summed E-state index contributed by atoms with van der Waals surface area (Å²) in [5, 5.41) is 0. The van der Waals surface area contributed by atoms with E-state index in [9.17, 15) is 0 Å². The highest BCUT2D eigenvalue weighted by molar-refractivity contribution is 5.13. The van der Waals surface area contributed by atoms with Crippen molar-refractivity contribution in [3.63, 3.8) is 0 Å². The average molecular weight is 210 g/mol. The van der Waals surface area contributed by atoms with Crippen LogP contribution in [-0.2, 0) is 20.8 Å². The Bertz CT molecular complexity index is 273. The second kappa shape index (κ2) is 5.85. The molecule has 0 aliphatic heterocycles. The Morgan fingerprint density at radius 3 is 2.33 bits per heavy atom. The van der Waals surface area contributed by atoms with Crippen LogP contribution in [-0.4, -0.2) is 19.7 Å². The molecular formula is C12H18O3. The number of benzene rings is 1. The minimum atomic E-state index is -0.954. The van der Waals surface area contributed by atoms with Gasteiger partial charge < -0.3 is 14.2 Å². The van der Waals surface area contributed by atoms with Crippen molar-refractivity contribution in [3.05, 3.63) is 35.9 Å². The van der Waals surface area contributed by atoms with Crippen LogP contribution in [0, 0.1) is 0 Å². The largest absolute Gasteiger partial charge is 0.331 e. The molecule has 0 saturated carbocycles. The van der Waals surface area contributed by atoms with Gasteiger partial charge in [0.1, 0.15) is 0 Å². The predicted molar refractivity (Wildman–Crippen MR) is 58.3 cm³/mol. The van der Waals surface area contributed by atoms with Crippen LogP contribution in [0.3, 0.4) is 0 Å². The van der Waals surface area contributed by atoms with E-state index < -0.39 is 5.97 Å². The maximum Gasteiger partial charge on any atom is 0.279 e. The van der Waals surface area contributed by atoms with Gasteiger partial charge in [-0.15, -0.1) is 0 Å². The molecule has 1 rings (SSSR count). The van der Waals surface area contributed by atoms with E-state index in [1.54, 1.807) is 14.0 Å². The smallest absolute Gasteiger partial charge is 0.279 e. The lowest BCUT2D eigenvalue weighted by atomic mass is 10.2. The highest BCUT2D eigenvalue weighted by Gasteiger charge is 2.24. The standard InChI is InChI=1S/C12H18O3/c1-4-14-12(2,13-3)15-10-11-8-6-5-7-9-11/h5-9H,4,10H2,1-3H3. The monoisotopic (exact) mass is 210 g/mol. The highest BCUT2D eigenvalue weighted by Crippen LogP contribution is 2.15. The van der Waals surface area contributed by atoms with Crippen molar-refractivity contribution < 1.29 is 14.2 Å². The molecule has 0 aromatic heterocycles. The molecule has 0 saturated heterocycles. The second-order valence-corrected chi connectivity index (χ2v) is 3.27. The Labute approximate surface area is 91.0 Å². The molecule has 1 aromatic carbocycles. The van der Waals surface area contributed by atoms with Gasteiger partial charge in [0.15, 0.2) is 0 Å². The molecule has 0 aliphatic carbocycles. The van der Waals surface area contributed by atoms with Crippen molar-refractivity contribution in [3.8, 4) is 0 Å². The zero-order chi connectivity index (χ0) is 11.1. The summed E-state index contributed by atoms with van der Waals surface area (Å²) in [6, 6.07) is 9.93. The van der Waals surface area contributed by atoms with E-state index in [0.29, 0.717) is 13.2 Å². The van der Waals surface area contributed by atoms with Crippen LogP contribution in [0.2, 0.25) is 0 Å². The molecule has 0 bridgehead atoms. The second-order valence-electron chi connectivity index (χ2n) is 3.27. The van der Waals surface area contributed by atoms with Gasteiger partial charge in [-0.1, -0.05) is 30.3 Å². The van der Waals surface area contributed by atoms with Crippen LogP contribution >= 0.6 is 0 Å². The zero-order valence-corrected chi connectivity index (χ0v) is 9.53. The molecule has 1 atom stereocenters. The van der Waals surface area contributed by atoms with Crippen molar-refractivity contribution >= 4 is 0 Å². The van der Waals surface area contributed by atoms with E-state index >= 15 is 0 Å². The summed E-state index contributed by atoms with van der Waals surface area (Å²) < 4.78 is 16.1. The number of methoxy groups -OCH3 is 1. The van der Waals surface area contributed by atoms with Crippen LogP contribution in [0.15, 0.2) is 30.3 Å². The Balaban J connectivity index is 2.47. The molecule has 3 nitrogen and oxygen atoms in total. The normalized spacial score (nSPS) is 14.9. The molecular weight excluding hydrogens is 192 g/mol. The van der Waals surface area contributed by atoms with E-state index in [2.05, 4.69) is 0 Å². The van der Waals surface area contributed by atoms with Gasteiger partial charge in [-0.25, -0.2) is 0 Å². The van der Waals surface area contributed by atoms with Gasteiger partial charge in [0, 0.05) is 20.6 Å². The van der Waals surface area contributed by atoms with E-state index in [-0.39, 0.29) is 0 Å². The number of hydrogen-bond acceptors (Lipinski definition) is 3. The van der Waals surface area contributed by atoms with Gasteiger partial charge in [0.05, 0.1) is 6.61 Å². The Morgan fingerprint density at radius 2 is 1.80 bits per heavy atom. The van der Waals surface area contributed by atoms with Crippen LogP contribution < -0.4 is 0 Å². The van der Waals surface area contributed by atoms with Gasteiger partial charge in [-0.05, 0) is 12.5 Å². The third-order valence-corrected chi connectivity index (χ3v) is 2.12. The van der Waals surface area contributed by atoms with Crippen LogP contribution in [0.25, 0.3) is 0 Å². The lowest BCUT2D eigenvalue weighted by molar-refractivity contribution is -0.363. The fourth-order valence-corrected chi connectivity index (χ4v) is 1.21. The summed E-state index contributed by atoms with van der Waals surface area (Å²) in [6.45, 7) is 4.70. The first kappa shape index (κ1) is 12.2. The van der Waals surface area contributed by atoms with Crippen LogP contribution in [0.4, 0.5) is 0 Å². The lowest BCUT2D eigenvalue weighted by Crippen LogP contribution is -2.34. The SMILES string of the molecule is CCOC(C)(OC)OCc1ccccc1. The Morgan fingerprint density at radius 1 is 1.13 bits per heavy atom. The molecule has 1 aromatic rings. The molecule has 0 spiro atoms. The van der Waals surface area contributed by atoms with Crippen molar-refractivity contribution in [2.24, 2.45) is 0 Å². The molecule has 0 radical (unpaired) electrons. The highest BCUT2D eigenvalue weighted by atomic mass is 16.9. The third-order valence-electron chi connectivity index (χ3n) is 2.12. The molecule has 0 amide bonds. The minimum Gasteiger partial charge on any atom is -0.331 e. The van der Waals surface area contributed by atoms with E-state index in [0.717, 1.165) is 5.56 Å². The van der Waals surface area contributed by atoms with Gasteiger partial charge >= 0.3 is 0 Å².